The van der Waals surface area contributed by atoms with Crippen LogP contribution in [-0.4, -0.2) is 40.5 Å². The number of fused-ring (bicyclic) bond motifs is 1. The van der Waals surface area contributed by atoms with Crippen LogP contribution in [0.2, 0.25) is 0 Å². The van der Waals surface area contributed by atoms with Crippen molar-refractivity contribution in [3.8, 4) is 12.1 Å². The van der Waals surface area contributed by atoms with Crippen LogP contribution in [0.25, 0.3) is 11.0 Å². The van der Waals surface area contributed by atoms with Crippen LogP contribution in [0, 0.1) is 28.6 Å². The Hall–Kier alpha value is -2.57. The first-order valence-electron chi connectivity index (χ1n) is 7.98. The normalized spacial score (nSPS) is 21.2. The second-order valence-electron chi connectivity index (χ2n) is 5.99. The third-order valence-electron chi connectivity index (χ3n) is 4.62. The summed E-state index contributed by atoms with van der Waals surface area (Å²) in [5, 5.41) is 22.7. The first kappa shape index (κ1) is 15.3. The first-order chi connectivity index (χ1) is 11.3. The van der Waals surface area contributed by atoms with Crippen LogP contribution in [-0.2, 0) is 0 Å². The summed E-state index contributed by atoms with van der Waals surface area (Å²) in [7, 11) is 0. The number of anilines is 1. The number of aromatic nitrogens is 2. The predicted octanol–water partition coefficient (Wildman–Crippen LogP) is 2.47. The van der Waals surface area contributed by atoms with Crippen LogP contribution < -0.4 is 5.32 Å². The molecule has 3 heterocycles. The van der Waals surface area contributed by atoms with Gasteiger partial charge in [0.05, 0.1) is 17.3 Å². The highest BCUT2D eigenvalue weighted by atomic mass is 15.2. The Balaban J connectivity index is 1.85. The van der Waals surface area contributed by atoms with Gasteiger partial charge in [-0.3, -0.25) is 4.90 Å². The molecule has 2 N–H and O–H groups in total. The van der Waals surface area contributed by atoms with E-state index in [9.17, 15) is 5.26 Å². The van der Waals surface area contributed by atoms with E-state index in [4.69, 9.17) is 5.26 Å². The van der Waals surface area contributed by atoms with Crippen LogP contribution >= 0.6 is 0 Å². The van der Waals surface area contributed by atoms with E-state index in [1.54, 1.807) is 6.20 Å². The van der Waals surface area contributed by atoms with Crippen LogP contribution in [0.3, 0.4) is 0 Å². The number of hydrogen-bond donors (Lipinski definition) is 2. The lowest BCUT2D eigenvalue weighted by Crippen LogP contribution is -2.29. The molecule has 2 unspecified atom stereocenters. The lowest BCUT2D eigenvalue weighted by Gasteiger charge is -2.21. The zero-order valence-corrected chi connectivity index (χ0v) is 13.2. The molecule has 2 aromatic heterocycles. The molecule has 0 aromatic carbocycles. The quantitative estimate of drug-likeness (QED) is 0.885. The predicted molar refractivity (Wildman–Crippen MR) is 88.7 cm³/mol. The molecule has 2 aromatic rings. The number of pyridine rings is 1. The Morgan fingerprint density at radius 1 is 1.43 bits per heavy atom. The summed E-state index contributed by atoms with van der Waals surface area (Å²) in [6.45, 7) is 4.90. The number of nitrogens with one attached hydrogen (secondary N) is 2. The molecule has 0 amide bonds. The van der Waals surface area contributed by atoms with E-state index in [0.717, 1.165) is 42.8 Å². The van der Waals surface area contributed by atoms with Gasteiger partial charge in [-0.15, -0.1) is 0 Å². The number of H-pyrrole nitrogens is 1. The average Bonchev–Trinajstić information content (AvgIpc) is 3.19. The summed E-state index contributed by atoms with van der Waals surface area (Å²) >= 11 is 0. The van der Waals surface area contributed by atoms with Crippen molar-refractivity contribution < 1.29 is 0 Å². The number of likely N-dealkylation sites (tertiary alicyclic amines) is 1. The van der Waals surface area contributed by atoms with Gasteiger partial charge in [0.15, 0.2) is 0 Å². The SMILES string of the molecule is CCC1CN(CCC#N)CC1Nc1c(C#N)cnc2[nH]ccc12. The molecule has 23 heavy (non-hydrogen) atoms. The van der Waals surface area contributed by atoms with E-state index in [1.165, 1.54) is 0 Å². The second kappa shape index (κ2) is 6.68. The number of hydrogen-bond acceptors (Lipinski definition) is 5. The van der Waals surface area contributed by atoms with Crippen molar-refractivity contribution in [2.24, 2.45) is 5.92 Å². The zero-order chi connectivity index (χ0) is 16.2. The van der Waals surface area contributed by atoms with E-state index in [2.05, 4.69) is 39.2 Å². The minimum Gasteiger partial charge on any atom is -0.379 e. The summed E-state index contributed by atoms with van der Waals surface area (Å²) < 4.78 is 0. The summed E-state index contributed by atoms with van der Waals surface area (Å²) in [6, 6.07) is 6.68. The molecule has 1 aliphatic rings. The summed E-state index contributed by atoms with van der Waals surface area (Å²) in [6.07, 6.45) is 5.09. The van der Waals surface area contributed by atoms with E-state index in [1.807, 2.05) is 12.3 Å². The highest BCUT2D eigenvalue weighted by molar-refractivity contribution is 5.92. The lowest BCUT2D eigenvalue weighted by atomic mass is 10.00. The van der Waals surface area contributed by atoms with Crippen molar-refractivity contribution in [3.63, 3.8) is 0 Å². The van der Waals surface area contributed by atoms with Gasteiger partial charge in [0.2, 0.25) is 0 Å². The topological polar surface area (TPSA) is 91.5 Å². The van der Waals surface area contributed by atoms with Crippen LogP contribution in [0.5, 0.6) is 0 Å². The van der Waals surface area contributed by atoms with Crippen molar-refractivity contribution in [2.75, 3.05) is 25.0 Å². The molecule has 0 bridgehead atoms. The zero-order valence-electron chi connectivity index (χ0n) is 13.2. The molecule has 1 aliphatic heterocycles. The van der Waals surface area contributed by atoms with Gasteiger partial charge in [-0.05, 0) is 12.0 Å². The average molecular weight is 308 g/mol. The number of nitrogens with zero attached hydrogens (tertiary/aromatic N) is 4. The highest BCUT2D eigenvalue weighted by Crippen LogP contribution is 2.29. The number of aromatic amines is 1. The van der Waals surface area contributed by atoms with Crippen molar-refractivity contribution in [1.82, 2.24) is 14.9 Å². The Kier molecular flexibility index (Phi) is 4.45. The third-order valence-corrected chi connectivity index (χ3v) is 4.62. The van der Waals surface area contributed by atoms with Crippen molar-refractivity contribution in [2.45, 2.75) is 25.8 Å². The summed E-state index contributed by atoms with van der Waals surface area (Å²) in [5.74, 6) is 0.516. The van der Waals surface area contributed by atoms with E-state index < -0.39 is 0 Å². The Bertz CT molecular complexity index is 765. The molecule has 6 nitrogen and oxygen atoms in total. The van der Waals surface area contributed by atoms with Gasteiger partial charge in [0.25, 0.3) is 0 Å². The maximum absolute atomic E-state index is 9.39. The molecule has 1 saturated heterocycles. The Labute approximate surface area is 135 Å². The van der Waals surface area contributed by atoms with Crippen molar-refractivity contribution in [3.05, 3.63) is 24.0 Å². The van der Waals surface area contributed by atoms with Gasteiger partial charge in [-0.25, -0.2) is 4.98 Å². The van der Waals surface area contributed by atoms with Crippen LogP contribution in [0.15, 0.2) is 18.5 Å². The largest absolute Gasteiger partial charge is 0.379 e. The van der Waals surface area contributed by atoms with Gasteiger partial charge >= 0.3 is 0 Å². The standard InChI is InChI=1S/C17H20N6/c1-2-12-10-23(7-3-5-18)11-15(12)22-16-13(8-19)9-21-17-14(16)4-6-20-17/h4,6,9,12,15H,2-3,7,10-11H2,1H3,(H2,20,21,22). The van der Waals surface area contributed by atoms with Gasteiger partial charge in [-0.2, -0.15) is 10.5 Å². The fourth-order valence-electron chi connectivity index (χ4n) is 3.36. The van der Waals surface area contributed by atoms with Gasteiger partial charge in [0.1, 0.15) is 11.7 Å². The molecule has 1 fully saturated rings. The molecule has 3 rings (SSSR count). The smallest absolute Gasteiger partial charge is 0.139 e. The molecule has 0 radical (unpaired) electrons. The lowest BCUT2D eigenvalue weighted by molar-refractivity contribution is 0.330. The molecule has 6 heteroatoms. The minimum absolute atomic E-state index is 0.284. The first-order valence-corrected chi connectivity index (χ1v) is 7.98. The van der Waals surface area contributed by atoms with Crippen LogP contribution in [0.4, 0.5) is 5.69 Å². The van der Waals surface area contributed by atoms with Crippen molar-refractivity contribution >= 4 is 16.7 Å². The number of rotatable bonds is 5. The van der Waals surface area contributed by atoms with Crippen molar-refractivity contribution in [1.29, 1.82) is 10.5 Å². The Morgan fingerprint density at radius 2 is 2.30 bits per heavy atom. The molecule has 0 saturated carbocycles. The van der Waals surface area contributed by atoms with Gasteiger partial charge in [0, 0.05) is 49.9 Å². The fourth-order valence-corrected chi connectivity index (χ4v) is 3.36. The second-order valence-corrected chi connectivity index (χ2v) is 5.99. The third kappa shape index (κ3) is 2.99. The molecule has 0 aliphatic carbocycles. The van der Waals surface area contributed by atoms with E-state index in [-0.39, 0.29) is 6.04 Å². The molecular formula is C17H20N6. The van der Waals surface area contributed by atoms with E-state index in [0.29, 0.717) is 17.9 Å². The molecule has 2 atom stereocenters. The maximum atomic E-state index is 9.39. The molecule has 0 spiro atoms. The van der Waals surface area contributed by atoms with E-state index >= 15 is 0 Å². The van der Waals surface area contributed by atoms with Gasteiger partial charge < -0.3 is 10.3 Å². The maximum Gasteiger partial charge on any atom is 0.139 e. The minimum atomic E-state index is 0.284. The van der Waals surface area contributed by atoms with Crippen LogP contribution in [0.1, 0.15) is 25.3 Å². The molecule has 118 valence electrons. The molecular weight excluding hydrogens is 288 g/mol. The summed E-state index contributed by atoms with van der Waals surface area (Å²) in [5.41, 5.74) is 2.23. The Morgan fingerprint density at radius 3 is 3.04 bits per heavy atom. The summed E-state index contributed by atoms with van der Waals surface area (Å²) in [4.78, 5) is 9.70. The number of nitriles is 2. The highest BCUT2D eigenvalue weighted by Gasteiger charge is 2.32. The van der Waals surface area contributed by atoms with Gasteiger partial charge in [-0.1, -0.05) is 13.3 Å². The monoisotopic (exact) mass is 308 g/mol. The fraction of sp³-hybridized carbons (Fsp3) is 0.471.